The molecule has 0 aromatic heterocycles. The summed E-state index contributed by atoms with van der Waals surface area (Å²) in [5.74, 6) is -1.04. The molecular weight excluding hydrogens is 374 g/mol. The quantitative estimate of drug-likeness (QED) is 0.338. The SMILES string of the molecule is CCCCCCCCCC(NC1CCCCC1)C1=C(O)c2ccccc2C(=O)C1=O. The minimum Gasteiger partial charge on any atom is -0.507 e. The molecule has 4 heteroatoms. The molecule has 0 spiro atoms. The predicted octanol–water partition coefficient (Wildman–Crippen LogP) is 6.15. The molecule has 3 rings (SSSR count). The Balaban J connectivity index is 1.74. The van der Waals surface area contributed by atoms with Crippen molar-refractivity contribution in [2.75, 3.05) is 0 Å². The van der Waals surface area contributed by atoms with Gasteiger partial charge in [-0.15, -0.1) is 0 Å². The number of aliphatic hydroxyl groups excluding tert-OH is 1. The molecule has 1 fully saturated rings. The predicted molar refractivity (Wildman–Crippen MR) is 122 cm³/mol. The summed E-state index contributed by atoms with van der Waals surface area (Å²) in [5, 5.41) is 14.6. The molecule has 0 radical (unpaired) electrons. The lowest BCUT2D eigenvalue weighted by Gasteiger charge is -2.31. The van der Waals surface area contributed by atoms with E-state index in [-0.39, 0.29) is 17.4 Å². The highest BCUT2D eigenvalue weighted by Crippen LogP contribution is 2.32. The molecule has 30 heavy (non-hydrogen) atoms. The number of carbonyl (C=O) groups is 2. The highest BCUT2D eigenvalue weighted by Gasteiger charge is 2.37. The summed E-state index contributed by atoms with van der Waals surface area (Å²) < 4.78 is 0. The molecule has 0 heterocycles. The van der Waals surface area contributed by atoms with Crippen molar-refractivity contribution in [1.82, 2.24) is 5.32 Å². The smallest absolute Gasteiger partial charge is 0.234 e. The summed E-state index contributed by atoms with van der Waals surface area (Å²) in [6.45, 7) is 2.22. The van der Waals surface area contributed by atoms with Gasteiger partial charge < -0.3 is 10.4 Å². The lowest BCUT2D eigenvalue weighted by Crippen LogP contribution is -2.44. The summed E-state index contributed by atoms with van der Waals surface area (Å²) in [5.41, 5.74) is 1.10. The number of hydrogen-bond donors (Lipinski definition) is 2. The number of hydrogen-bond acceptors (Lipinski definition) is 4. The van der Waals surface area contributed by atoms with Crippen molar-refractivity contribution >= 4 is 17.3 Å². The van der Waals surface area contributed by atoms with E-state index in [2.05, 4.69) is 12.2 Å². The minimum absolute atomic E-state index is 0.00791. The molecule has 2 aliphatic rings. The Hall–Kier alpha value is -1.94. The number of unbranched alkanes of at least 4 members (excludes halogenated alkanes) is 6. The Bertz CT molecular complexity index is 761. The first-order valence-electron chi connectivity index (χ1n) is 12.0. The second kappa shape index (κ2) is 11.5. The molecule has 0 bridgehead atoms. The average Bonchev–Trinajstić information content (AvgIpc) is 2.77. The fourth-order valence-electron chi connectivity index (χ4n) is 4.88. The fraction of sp³-hybridized carbons (Fsp3) is 0.615. The zero-order valence-electron chi connectivity index (χ0n) is 18.4. The number of aliphatic hydroxyl groups is 1. The van der Waals surface area contributed by atoms with Crippen molar-refractivity contribution in [1.29, 1.82) is 0 Å². The van der Waals surface area contributed by atoms with Crippen molar-refractivity contribution < 1.29 is 14.7 Å². The molecule has 0 saturated heterocycles. The number of fused-ring (bicyclic) bond motifs is 1. The molecule has 164 valence electrons. The van der Waals surface area contributed by atoms with Crippen molar-refractivity contribution in [2.24, 2.45) is 0 Å². The Kier molecular flexibility index (Phi) is 8.68. The maximum absolute atomic E-state index is 13.0. The third-order valence-electron chi connectivity index (χ3n) is 6.62. The van der Waals surface area contributed by atoms with E-state index in [1.807, 2.05) is 0 Å². The first-order chi connectivity index (χ1) is 14.6. The zero-order chi connectivity index (χ0) is 21.3. The van der Waals surface area contributed by atoms with Crippen LogP contribution in [-0.2, 0) is 4.79 Å². The summed E-state index contributed by atoms with van der Waals surface area (Å²) in [7, 11) is 0. The zero-order valence-corrected chi connectivity index (χ0v) is 18.4. The molecule has 1 aromatic carbocycles. The van der Waals surface area contributed by atoms with Crippen LogP contribution in [0.3, 0.4) is 0 Å². The van der Waals surface area contributed by atoms with Gasteiger partial charge in [0.1, 0.15) is 5.76 Å². The maximum atomic E-state index is 13.0. The Labute approximate surface area is 181 Å². The lowest BCUT2D eigenvalue weighted by atomic mass is 9.83. The second-order valence-corrected chi connectivity index (χ2v) is 8.93. The van der Waals surface area contributed by atoms with E-state index in [4.69, 9.17) is 0 Å². The van der Waals surface area contributed by atoms with Crippen molar-refractivity contribution in [3.05, 3.63) is 41.0 Å². The molecule has 4 nitrogen and oxygen atoms in total. The van der Waals surface area contributed by atoms with E-state index in [1.54, 1.807) is 24.3 Å². The van der Waals surface area contributed by atoms with Crippen LogP contribution < -0.4 is 5.32 Å². The van der Waals surface area contributed by atoms with Crippen molar-refractivity contribution in [3.8, 4) is 0 Å². The van der Waals surface area contributed by atoms with Gasteiger partial charge in [0, 0.05) is 23.2 Å². The van der Waals surface area contributed by atoms with Gasteiger partial charge in [-0.1, -0.05) is 95.4 Å². The summed E-state index contributed by atoms with van der Waals surface area (Å²) in [6.07, 6.45) is 15.0. The number of carbonyl (C=O) groups excluding carboxylic acids is 2. The number of ketones is 2. The summed E-state index contributed by atoms with van der Waals surface area (Å²) in [4.78, 5) is 25.7. The van der Waals surface area contributed by atoms with Gasteiger partial charge in [0.05, 0.1) is 5.57 Å². The Morgan fingerprint density at radius 3 is 2.23 bits per heavy atom. The average molecular weight is 412 g/mol. The monoisotopic (exact) mass is 411 g/mol. The molecule has 1 aromatic rings. The Morgan fingerprint density at radius 2 is 1.53 bits per heavy atom. The van der Waals surface area contributed by atoms with Gasteiger partial charge in [-0.3, -0.25) is 9.59 Å². The molecule has 1 unspecified atom stereocenters. The normalized spacial score (nSPS) is 18.6. The van der Waals surface area contributed by atoms with Gasteiger partial charge in [0.2, 0.25) is 11.6 Å². The lowest BCUT2D eigenvalue weighted by molar-refractivity contribution is -0.112. The number of rotatable bonds is 11. The second-order valence-electron chi connectivity index (χ2n) is 8.93. The largest absolute Gasteiger partial charge is 0.507 e. The van der Waals surface area contributed by atoms with Crippen LogP contribution in [0.1, 0.15) is 106 Å². The van der Waals surface area contributed by atoms with Crippen LogP contribution in [0.15, 0.2) is 29.8 Å². The van der Waals surface area contributed by atoms with Gasteiger partial charge in [-0.25, -0.2) is 0 Å². The molecular formula is C26H37NO3. The number of nitrogens with one attached hydrogen (secondary N) is 1. The molecule has 2 aliphatic carbocycles. The third-order valence-corrected chi connectivity index (χ3v) is 6.62. The van der Waals surface area contributed by atoms with E-state index < -0.39 is 11.6 Å². The fourth-order valence-corrected chi connectivity index (χ4v) is 4.88. The number of Topliss-reactive ketones (excluding diaryl/α,β-unsaturated/α-hetero) is 2. The van der Waals surface area contributed by atoms with E-state index in [0.29, 0.717) is 17.2 Å². The van der Waals surface area contributed by atoms with E-state index in [0.717, 1.165) is 32.1 Å². The number of benzene rings is 1. The third kappa shape index (κ3) is 5.60. The first-order valence-corrected chi connectivity index (χ1v) is 12.0. The van der Waals surface area contributed by atoms with Crippen LogP contribution in [0.5, 0.6) is 0 Å². The van der Waals surface area contributed by atoms with Crippen LogP contribution in [0.4, 0.5) is 0 Å². The molecule has 1 atom stereocenters. The van der Waals surface area contributed by atoms with Gasteiger partial charge in [-0.2, -0.15) is 0 Å². The van der Waals surface area contributed by atoms with Crippen LogP contribution in [-0.4, -0.2) is 28.8 Å². The Morgan fingerprint density at radius 1 is 0.900 bits per heavy atom. The molecule has 2 N–H and O–H groups in total. The van der Waals surface area contributed by atoms with Gasteiger partial charge >= 0.3 is 0 Å². The topological polar surface area (TPSA) is 66.4 Å². The highest BCUT2D eigenvalue weighted by molar-refractivity contribution is 6.52. The van der Waals surface area contributed by atoms with Crippen LogP contribution in [0, 0.1) is 0 Å². The van der Waals surface area contributed by atoms with Gasteiger partial charge in [-0.05, 0) is 19.3 Å². The van der Waals surface area contributed by atoms with E-state index in [9.17, 15) is 14.7 Å². The molecule has 0 amide bonds. The summed E-state index contributed by atoms with van der Waals surface area (Å²) in [6, 6.07) is 7.00. The van der Waals surface area contributed by atoms with Crippen molar-refractivity contribution in [3.63, 3.8) is 0 Å². The first kappa shape index (κ1) is 22.7. The maximum Gasteiger partial charge on any atom is 0.234 e. The minimum atomic E-state index is -0.539. The highest BCUT2D eigenvalue weighted by atomic mass is 16.3. The van der Waals surface area contributed by atoms with Crippen molar-refractivity contribution in [2.45, 2.75) is 102 Å². The van der Waals surface area contributed by atoms with E-state index >= 15 is 0 Å². The van der Waals surface area contributed by atoms with Crippen LogP contribution >= 0.6 is 0 Å². The van der Waals surface area contributed by atoms with E-state index in [1.165, 1.54) is 51.4 Å². The standard InChI is InChI=1S/C26H37NO3/c1-2-3-4-5-6-7-11-18-22(27-19-14-9-8-10-15-19)23-24(28)20-16-12-13-17-21(20)25(29)26(23)30/h12-13,16-17,19,22,27-28H,2-11,14-15,18H2,1H3. The van der Waals surface area contributed by atoms with Crippen LogP contribution in [0.25, 0.3) is 5.76 Å². The van der Waals surface area contributed by atoms with Crippen LogP contribution in [0.2, 0.25) is 0 Å². The molecule has 1 saturated carbocycles. The summed E-state index contributed by atoms with van der Waals surface area (Å²) >= 11 is 0. The van der Waals surface area contributed by atoms with Gasteiger partial charge in [0.25, 0.3) is 0 Å². The molecule has 0 aliphatic heterocycles. The van der Waals surface area contributed by atoms with Gasteiger partial charge in [0.15, 0.2) is 0 Å².